The van der Waals surface area contributed by atoms with Gasteiger partial charge in [-0.25, -0.2) is 0 Å². The molecule has 2 aromatic carbocycles. The third-order valence-electron chi connectivity index (χ3n) is 5.49. The maximum atomic E-state index is 12.6. The summed E-state index contributed by atoms with van der Waals surface area (Å²) in [7, 11) is 0. The number of carbonyl (C=O) groups is 4. The molecule has 0 fully saturated rings. The van der Waals surface area contributed by atoms with Gasteiger partial charge in [-0.05, 0) is 47.2 Å². The Bertz CT molecular complexity index is 1080. The number of amides is 4. The standard InChI is InChI=1S/C26H31N3O4/c1-16(2)15-29-24(32)20-11-8-18(14-21(20)25(29)33)23(31)28-13-12-27-22(30)17-6-9-19(10-7-17)26(3,4)5/h6-11,14,16H,12-13,15H2,1-5H3,(H,27,30)(H,28,31). The average molecular weight is 450 g/mol. The number of carbonyl (C=O) groups excluding carboxylic acids is 4. The molecule has 0 radical (unpaired) electrons. The predicted octanol–water partition coefficient (Wildman–Crippen LogP) is 3.40. The average Bonchev–Trinajstić information content (AvgIpc) is 3.00. The monoisotopic (exact) mass is 449 g/mol. The zero-order valence-electron chi connectivity index (χ0n) is 19.8. The van der Waals surface area contributed by atoms with Gasteiger partial charge in [-0.2, -0.15) is 0 Å². The Morgan fingerprint density at radius 3 is 1.88 bits per heavy atom. The lowest BCUT2D eigenvalue weighted by Gasteiger charge is -2.19. The smallest absolute Gasteiger partial charge is 0.261 e. The van der Waals surface area contributed by atoms with E-state index in [0.717, 1.165) is 5.56 Å². The SMILES string of the molecule is CC(C)CN1C(=O)c2ccc(C(=O)NCCNC(=O)c3ccc(C(C)(C)C)cc3)cc2C1=O. The van der Waals surface area contributed by atoms with E-state index < -0.39 is 0 Å². The Morgan fingerprint density at radius 2 is 1.33 bits per heavy atom. The first kappa shape index (κ1) is 24.2. The summed E-state index contributed by atoms with van der Waals surface area (Å²) in [5, 5.41) is 5.52. The van der Waals surface area contributed by atoms with Gasteiger partial charge in [0.15, 0.2) is 0 Å². The van der Waals surface area contributed by atoms with E-state index in [1.54, 1.807) is 12.1 Å². The Morgan fingerprint density at radius 1 is 0.818 bits per heavy atom. The van der Waals surface area contributed by atoms with Crippen molar-refractivity contribution in [3.63, 3.8) is 0 Å². The molecule has 0 unspecified atom stereocenters. The van der Waals surface area contributed by atoms with Crippen LogP contribution in [0.4, 0.5) is 0 Å². The van der Waals surface area contributed by atoms with Crippen LogP contribution >= 0.6 is 0 Å². The number of nitrogens with zero attached hydrogens (tertiary/aromatic N) is 1. The normalized spacial score (nSPS) is 13.3. The van der Waals surface area contributed by atoms with Crippen LogP contribution in [0.25, 0.3) is 0 Å². The molecular weight excluding hydrogens is 418 g/mol. The van der Waals surface area contributed by atoms with Crippen LogP contribution in [0, 0.1) is 5.92 Å². The topological polar surface area (TPSA) is 95.6 Å². The quantitative estimate of drug-likeness (QED) is 0.500. The van der Waals surface area contributed by atoms with Gasteiger partial charge in [-0.15, -0.1) is 0 Å². The first-order valence-electron chi connectivity index (χ1n) is 11.2. The van der Waals surface area contributed by atoms with E-state index in [1.165, 1.54) is 23.1 Å². The molecule has 1 aliphatic rings. The van der Waals surface area contributed by atoms with Crippen LogP contribution in [0.3, 0.4) is 0 Å². The van der Waals surface area contributed by atoms with E-state index in [1.807, 2.05) is 26.0 Å². The van der Waals surface area contributed by atoms with Crippen LogP contribution in [0.15, 0.2) is 42.5 Å². The number of nitrogens with one attached hydrogen (secondary N) is 2. The van der Waals surface area contributed by atoms with E-state index in [2.05, 4.69) is 31.4 Å². The van der Waals surface area contributed by atoms with Crippen molar-refractivity contribution in [2.75, 3.05) is 19.6 Å². The lowest BCUT2D eigenvalue weighted by Crippen LogP contribution is -2.34. The summed E-state index contributed by atoms with van der Waals surface area (Å²) in [5.74, 6) is -1.13. The third-order valence-corrected chi connectivity index (χ3v) is 5.49. The summed E-state index contributed by atoms with van der Waals surface area (Å²) in [6.07, 6.45) is 0. The summed E-state index contributed by atoms with van der Waals surface area (Å²) in [4.78, 5) is 51.1. The van der Waals surface area contributed by atoms with E-state index >= 15 is 0 Å². The van der Waals surface area contributed by atoms with Gasteiger partial charge in [0.05, 0.1) is 11.1 Å². The second-order valence-corrected chi connectivity index (χ2v) is 9.71. The molecule has 0 spiro atoms. The van der Waals surface area contributed by atoms with E-state index in [4.69, 9.17) is 0 Å². The van der Waals surface area contributed by atoms with Crippen molar-refractivity contribution in [2.24, 2.45) is 5.92 Å². The second kappa shape index (κ2) is 9.57. The van der Waals surface area contributed by atoms with Gasteiger partial charge >= 0.3 is 0 Å². The molecule has 0 aromatic heterocycles. The zero-order chi connectivity index (χ0) is 24.3. The minimum atomic E-state index is -0.372. The van der Waals surface area contributed by atoms with Crippen molar-refractivity contribution in [2.45, 2.75) is 40.0 Å². The Balaban J connectivity index is 1.53. The molecule has 3 rings (SSSR count). The molecular formula is C26H31N3O4. The Hall–Kier alpha value is -3.48. The fraction of sp³-hybridized carbons (Fsp3) is 0.385. The second-order valence-electron chi connectivity index (χ2n) is 9.71. The first-order valence-corrected chi connectivity index (χ1v) is 11.2. The van der Waals surface area contributed by atoms with Gasteiger partial charge in [0.2, 0.25) is 0 Å². The predicted molar refractivity (Wildman–Crippen MR) is 126 cm³/mol. The van der Waals surface area contributed by atoms with Crippen molar-refractivity contribution in [3.05, 3.63) is 70.3 Å². The molecule has 0 saturated carbocycles. The van der Waals surface area contributed by atoms with Crippen LogP contribution in [-0.4, -0.2) is 48.2 Å². The van der Waals surface area contributed by atoms with Crippen molar-refractivity contribution < 1.29 is 19.2 Å². The lowest BCUT2D eigenvalue weighted by atomic mass is 9.87. The molecule has 2 N–H and O–H groups in total. The molecule has 4 amide bonds. The first-order chi connectivity index (χ1) is 15.5. The number of imide groups is 1. The summed E-state index contributed by atoms with van der Waals surface area (Å²) < 4.78 is 0. The maximum absolute atomic E-state index is 12.6. The molecule has 1 aliphatic heterocycles. The highest BCUT2D eigenvalue weighted by Crippen LogP contribution is 2.25. The van der Waals surface area contributed by atoms with Crippen LogP contribution in [0.1, 0.15) is 81.6 Å². The molecule has 1 heterocycles. The fourth-order valence-electron chi connectivity index (χ4n) is 3.64. The number of hydrogen-bond donors (Lipinski definition) is 2. The molecule has 33 heavy (non-hydrogen) atoms. The van der Waals surface area contributed by atoms with Crippen molar-refractivity contribution in [3.8, 4) is 0 Å². The summed E-state index contributed by atoms with van der Waals surface area (Å²) in [6.45, 7) is 11.0. The van der Waals surface area contributed by atoms with Gasteiger partial charge in [-0.3, -0.25) is 24.1 Å². The van der Waals surface area contributed by atoms with Crippen LogP contribution in [-0.2, 0) is 5.41 Å². The molecule has 0 aliphatic carbocycles. The molecule has 0 saturated heterocycles. The zero-order valence-corrected chi connectivity index (χ0v) is 19.8. The van der Waals surface area contributed by atoms with Crippen LogP contribution in [0.5, 0.6) is 0 Å². The van der Waals surface area contributed by atoms with Crippen LogP contribution < -0.4 is 10.6 Å². The highest BCUT2D eigenvalue weighted by Gasteiger charge is 2.36. The lowest BCUT2D eigenvalue weighted by molar-refractivity contribution is 0.0635. The molecule has 2 aromatic rings. The van der Waals surface area contributed by atoms with Gasteiger partial charge in [0, 0.05) is 30.8 Å². The molecule has 0 atom stereocenters. The highest BCUT2D eigenvalue weighted by atomic mass is 16.2. The van der Waals surface area contributed by atoms with E-state index in [9.17, 15) is 19.2 Å². The largest absolute Gasteiger partial charge is 0.350 e. The number of benzene rings is 2. The third kappa shape index (κ3) is 5.48. The number of rotatable bonds is 7. The van der Waals surface area contributed by atoms with Crippen molar-refractivity contribution in [1.82, 2.24) is 15.5 Å². The highest BCUT2D eigenvalue weighted by molar-refractivity contribution is 6.22. The summed E-state index contributed by atoms with van der Waals surface area (Å²) in [5.41, 5.74) is 2.59. The molecule has 174 valence electrons. The van der Waals surface area contributed by atoms with Crippen molar-refractivity contribution in [1.29, 1.82) is 0 Å². The number of hydrogen-bond acceptors (Lipinski definition) is 4. The Labute approximate surface area is 194 Å². The van der Waals surface area contributed by atoms with Crippen molar-refractivity contribution >= 4 is 23.6 Å². The summed E-state index contributed by atoms with van der Waals surface area (Å²) >= 11 is 0. The Kier molecular flexibility index (Phi) is 7.01. The van der Waals surface area contributed by atoms with Gasteiger partial charge in [0.1, 0.15) is 0 Å². The van der Waals surface area contributed by atoms with E-state index in [0.29, 0.717) is 23.2 Å². The van der Waals surface area contributed by atoms with E-state index in [-0.39, 0.29) is 53.6 Å². The van der Waals surface area contributed by atoms with Gasteiger partial charge in [-0.1, -0.05) is 46.8 Å². The molecule has 0 bridgehead atoms. The number of fused-ring (bicyclic) bond motifs is 1. The maximum Gasteiger partial charge on any atom is 0.261 e. The van der Waals surface area contributed by atoms with Crippen LogP contribution in [0.2, 0.25) is 0 Å². The van der Waals surface area contributed by atoms with Gasteiger partial charge < -0.3 is 10.6 Å². The fourth-order valence-corrected chi connectivity index (χ4v) is 3.64. The summed E-state index contributed by atoms with van der Waals surface area (Å²) in [6, 6.07) is 12.0. The minimum absolute atomic E-state index is 0.0153. The van der Waals surface area contributed by atoms with Gasteiger partial charge in [0.25, 0.3) is 23.6 Å². The minimum Gasteiger partial charge on any atom is -0.350 e. The molecule has 7 heteroatoms. The molecule has 7 nitrogen and oxygen atoms in total.